The topological polar surface area (TPSA) is 52.6 Å². The molecule has 2 amide bonds. The van der Waals surface area contributed by atoms with E-state index in [0.29, 0.717) is 4.90 Å². The third-order valence-electron chi connectivity index (χ3n) is 2.49. The number of para-hydroxylation sites is 1. The van der Waals surface area contributed by atoms with Gasteiger partial charge in [-0.15, -0.1) is 0 Å². The quantitative estimate of drug-likeness (QED) is 0.822. The molecule has 1 aromatic rings. The molecule has 0 unspecified atom stereocenters. The van der Waals surface area contributed by atoms with E-state index in [-0.39, 0.29) is 0 Å². The molecule has 0 saturated heterocycles. The molecule has 2 N–H and O–H groups in total. The number of amides is 2. The van der Waals surface area contributed by atoms with Crippen molar-refractivity contribution in [3.63, 3.8) is 0 Å². The predicted octanol–water partition coefficient (Wildman–Crippen LogP) is 2.80. The average molecular weight is 312 g/mol. The summed E-state index contributed by atoms with van der Waals surface area (Å²) in [5.41, 5.74) is -1.62. The maximum Gasteiger partial charge on any atom is 0.418 e. The maximum absolute atomic E-state index is 12.7. The number of anilines is 1. The number of carbonyl (C=O) groups is 1. The Morgan fingerprint density at radius 3 is 2.43 bits per heavy atom. The van der Waals surface area contributed by atoms with E-state index in [9.17, 15) is 26.7 Å². The molecular weight excluding hydrogens is 299 g/mol. The van der Waals surface area contributed by atoms with Gasteiger partial charge in [-0.1, -0.05) is 12.1 Å². The van der Waals surface area contributed by atoms with Crippen LogP contribution in [-0.2, 0) is 6.18 Å². The second-order valence-electron chi connectivity index (χ2n) is 4.03. The summed E-state index contributed by atoms with van der Waals surface area (Å²) in [7, 11) is 0. The van der Waals surface area contributed by atoms with Crippen molar-refractivity contribution in [1.82, 2.24) is 4.90 Å². The van der Waals surface area contributed by atoms with Gasteiger partial charge in [0.2, 0.25) is 0 Å². The molecular formula is C12H13F5N2O2. The first kappa shape index (κ1) is 17.2. The highest BCUT2D eigenvalue weighted by atomic mass is 19.4. The van der Waals surface area contributed by atoms with E-state index >= 15 is 0 Å². The number of aliphatic hydroxyl groups excluding tert-OH is 1. The van der Waals surface area contributed by atoms with E-state index < -0.39 is 49.6 Å². The van der Waals surface area contributed by atoms with Gasteiger partial charge in [0.25, 0.3) is 6.43 Å². The molecule has 4 nitrogen and oxygen atoms in total. The van der Waals surface area contributed by atoms with Crippen LogP contribution in [0.4, 0.5) is 32.4 Å². The van der Waals surface area contributed by atoms with Crippen molar-refractivity contribution in [2.45, 2.75) is 12.6 Å². The minimum atomic E-state index is -4.69. The molecule has 1 aromatic carbocycles. The van der Waals surface area contributed by atoms with Gasteiger partial charge >= 0.3 is 12.2 Å². The second kappa shape index (κ2) is 7.21. The van der Waals surface area contributed by atoms with Crippen LogP contribution in [0.15, 0.2) is 24.3 Å². The lowest BCUT2D eigenvalue weighted by atomic mass is 10.1. The highest BCUT2D eigenvalue weighted by Crippen LogP contribution is 2.34. The zero-order chi connectivity index (χ0) is 16.0. The van der Waals surface area contributed by atoms with Crippen LogP contribution < -0.4 is 5.32 Å². The summed E-state index contributed by atoms with van der Waals surface area (Å²) in [6, 6.07) is 3.05. The fourth-order valence-electron chi connectivity index (χ4n) is 1.60. The highest BCUT2D eigenvalue weighted by Gasteiger charge is 2.34. The van der Waals surface area contributed by atoms with Gasteiger partial charge in [0.15, 0.2) is 0 Å². The molecule has 0 aliphatic heterocycles. The van der Waals surface area contributed by atoms with Crippen LogP contribution >= 0.6 is 0 Å². The largest absolute Gasteiger partial charge is 0.418 e. The van der Waals surface area contributed by atoms with Crippen molar-refractivity contribution < 1.29 is 31.9 Å². The van der Waals surface area contributed by atoms with Crippen LogP contribution in [0.2, 0.25) is 0 Å². The molecule has 0 aliphatic rings. The molecule has 0 fully saturated rings. The summed E-state index contributed by atoms with van der Waals surface area (Å²) in [4.78, 5) is 12.3. The van der Waals surface area contributed by atoms with Gasteiger partial charge in [-0.05, 0) is 12.1 Å². The summed E-state index contributed by atoms with van der Waals surface area (Å²) in [5.74, 6) is 0. The van der Waals surface area contributed by atoms with Gasteiger partial charge in [0.1, 0.15) is 0 Å². The van der Waals surface area contributed by atoms with E-state index in [2.05, 4.69) is 0 Å². The standard InChI is InChI=1S/C12H13F5N2O2/c13-10(14)7-19(5-6-20)11(21)18-9-4-2-1-3-8(9)12(15,16)17/h1-4,10,20H,5-7H2,(H,18,21). The summed E-state index contributed by atoms with van der Waals surface area (Å²) >= 11 is 0. The first-order valence-electron chi connectivity index (χ1n) is 5.87. The molecule has 0 atom stereocenters. The van der Waals surface area contributed by atoms with Gasteiger partial charge in [-0.2, -0.15) is 13.2 Å². The molecule has 0 aliphatic carbocycles. The molecule has 118 valence electrons. The van der Waals surface area contributed by atoms with Crippen molar-refractivity contribution in [2.75, 3.05) is 25.0 Å². The molecule has 0 radical (unpaired) electrons. The molecule has 0 spiro atoms. The van der Waals surface area contributed by atoms with Gasteiger partial charge in [-0.25, -0.2) is 13.6 Å². The first-order chi connectivity index (χ1) is 9.75. The van der Waals surface area contributed by atoms with Crippen LogP contribution in [0.5, 0.6) is 0 Å². The van der Waals surface area contributed by atoms with Crippen LogP contribution in [0, 0.1) is 0 Å². The van der Waals surface area contributed by atoms with Gasteiger partial charge in [0.05, 0.1) is 24.4 Å². The Morgan fingerprint density at radius 1 is 1.29 bits per heavy atom. The Morgan fingerprint density at radius 2 is 1.90 bits per heavy atom. The number of halogens is 5. The summed E-state index contributed by atoms with van der Waals surface area (Å²) in [6.07, 6.45) is -7.55. The lowest BCUT2D eigenvalue weighted by Gasteiger charge is -2.22. The van der Waals surface area contributed by atoms with E-state index in [1.54, 1.807) is 0 Å². The first-order valence-corrected chi connectivity index (χ1v) is 5.87. The van der Waals surface area contributed by atoms with Crippen molar-refractivity contribution >= 4 is 11.7 Å². The number of hydrogen-bond donors (Lipinski definition) is 2. The smallest absolute Gasteiger partial charge is 0.395 e. The van der Waals surface area contributed by atoms with Crippen LogP contribution in [0.3, 0.4) is 0 Å². The van der Waals surface area contributed by atoms with Crippen LogP contribution in [-0.4, -0.2) is 42.2 Å². The van der Waals surface area contributed by atoms with E-state index in [1.165, 1.54) is 6.07 Å². The van der Waals surface area contributed by atoms with Crippen molar-refractivity contribution in [1.29, 1.82) is 0 Å². The fraction of sp³-hybridized carbons (Fsp3) is 0.417. The Bertz CT molecular complexity index is 479. The summed E-state index contributed by atoms with van der Waals surface area (Å²) < 4.78 is 62.8. The number of urea groups is 1. The SMILES string of the molecule is O=C(Nc1ccccc1C(F)(F)F)N(CCO)CC(F)F. The van der Waals surface area contributed by atoms with Crippen LogP contribution in [0.1, 0.15) is 5.56 Å². The Hall–Kier alpha value is -1.90. The fourth-order valence-corrected chi connectivity index (χ4v) is 1.60. The van der Waals surface area contributed by atoms with Crippen molar-refractivity contribution in [3.8, 4) is 0 Å². The molecule has 0 bridgehead atoms. The number of aliphatic hydroxyl groups is 1. The predicted molar refractivity (Wildman–Crippen MR) is 65.1 cm³/mol. The number of carbonyl (C=O) groups excluding carboxylic acids is 1. The molecule has 0 heterocycles. The lowest BCUT2D eigenvalue weighted by molar-refractivity contribution is -0.136. The molecule has 9 heteroatoms. The average Bonchev–Trinajstić information content (AvgIpc) is 2.37. The Balaban J connectivity index is 2.91. The van der Waals surface area contributed by atoms with E-state index in [1.807, 2.05) is 5.32 Å². The van der Waals surface area contributed by atoms with E-state index in [0.717, 1.165) is 18.2 Å². The van der Waals surface area contributed by atoms with Gasteiger partial charge < -0.3 is 15.3 Å². The monoisotopic (exact) mass is 312 g/mol. The number of nitrogens with one attached hydrogen (secondary N) is 1. The Kier molecular flexibility index (Phi) is 5.89. The molecule has 1 rings (SSSR count). The lowest BCUT2D eigenvalue weighted by Crippen LogP contribution is -2.40. The van der Waals surface area contributed by atoms with Gasteiger partial charge in [0, 0.05) is 6.54 Å². The van der Waals surface area contributed by atoms with Gasteiger partial charge in [-0.3, -0.25) is 0 Å². The minimum Gasteiger partial charge on any atom is -0.395 e. The third kappa shape index (κ3) is 5.18. The minimum absolute atomic E-state index is 0.412. The number of nitrogens with zero attached hydrogens (tertiary/aromatic N) is 1. The van der Waals surface area contributed by atoms with Crippen molar-refractivity contribution in [3.05, 3.63) is 29.8 Å². The van der Waals surface area contributed by atoms with Crippen LogP contribution in [0.25, 0.3) is 0 Å². The van der Waals surface area contributed by atoms with Crippen molar-refractivity contribution in [2.24, 2.45) is 0 Å². The zero-order valence-corrected chi connectivity index (χ0v) is 10.7. The molecule has 0 saturated carbocycles. The van der Waals surface area contributed by atoms with E-state index in [4.69, 9.17) is 5.11 Å². The molecule has 21 heavy (non-hydrogen) atoms. The summed E-state index contributed by atoms with van der Waals surface area (Å²) in [5, 5.41) is 10.6. The number of alkyl halides is 5. The normalized spacial score (nSPS) is 11.6. The summed E-state index contributed by atoms with van der Waals surface area (Å²) in [6.45, 7) is -1.98. The third-order valence-corrected chi connectivity index (χ3v) is 2.49. The maximum atomic E-state index is 12.7. The Labute approximate surface area is 117 Å². The number of rotatable bonds is 5. The number of hydrogen-bond acceptors (Lipinski definition) is 2. The second-order valence-corrected chi connectivity index (χ2v) is 4.03. The highest BCUT2D eigenvalue weighted by molar-refractivity contribution is 5.90. The zero-order valence-electron chi connectivity index (χ0n) is 10.7. The molecule has 0 aromatic heterocycles. The number of benzene rings is 1.